The molecule has 0 N–H and O–H groups in total. The lowest BCUT2D eigenvalue weighted by atomic mass is 9.77. The molecular weight excluding hydrogens is 386 g/mol. The minimum Gasteiger partial charge on any atom is -0.378 e. The van der Waals surface area contributed by atoms with E-state index < -0.39 is 0 Å². The predicted octanol–water partition coefficient (Wildman–Crippen LogP) is 3.07. The van der Waals surface area contributed by atoms with Crippen molar-refractivity contribution in [2.45, 2.75) is 57.9 Å². The molecule has 0 radical (unpaired) electrons. The Bertz CT molecular complexity index is 820. The van der Waals surface area contributed by atoms with Crippen molar-refractivity contribution in [1.82, 2.24) is 24.9 Å². The summed E-state index contributed by atoms with van der Waals surface area (Å²) in [5, 5.41) is 12.1. The van der Waals surface area contributed by atoms with E-state index >= 15 is 0 Å². The highest BCUT2D eigenvalue weighted by atomic mass is 32.1. The van der Waals surface area contributed by atoms with Crippen LogP contribution in [0.15, 0.2) is 11.6 Å². The summed E-state index contributed by atoms with van der Waals surface area (Å²) in [6.45, 7) is 6.76. The van der Waals surface area contributed by atoms with Crippen molar-refractivity contribution in [3.8, 4) is 0 Å². The second-order valence-corrected chi connectivity index (χ2v) is 10.1. The Labute approximate surface area is 176 Å². The van der Waals surface area contributed by atoms with Crippen LogP contribution in [0.3, 0.4) is 0 Å². The lowest BCUT2D eigenvalue weighted by molar-refractivity contribution is -0.0376. The highest BCUT2D eigenvalue weighted by Crippen LogP contribution is 2.43. The van der Waals surface area contributed by atoms with Gasteiger partial charge in [-0.2, -0.15) is 0 Å². The third-order valence-electron chi connectivity index (χ3n) is 6.65. The van der Waals surface area contributed by atoms with Gasteiger partial charge in [0, 0.05) is 38.7 Å². The van der Waals surface area contributed by atoms with Crippen LogP contribution in [0.4, 0.5) is 0 Å². The van der Waals surface area contributed by atoms with Crippen LogP contribution in [0.5, 0.6) is 0 Å². The van der Waals surface area contributed by atoms with Crippen LogP contribution in [-0.2, 0) is 22.6 Å². The number of thiazole rings is 1. The van der Waals surface area contributed by atoms with Crippen molar-refractivity contribution in [3.05, 3.63) is 28.0 Å². The fraction of sp³-hybridized carbons (Fsp3) is 0.762. The smallest absolute Gasteiger partial charge is 0.108 e. The number of likely N-dealkylation sites (tertiary alicyclic amines) is 1. The Morgan fingerprint density at radius 2 is 2.00 bits per heavy atom. The van der Waals surface area contributed by atoms with E-state index in [1.165, 1.54) is 18.5 Å². The average Bonchev–Trinajstić information content (AvgIpc) is 3.06. The minimum atomic E-state index is 0.232. The van der Waals surface area contributed by atoms with E-state index in [2.05, 4.69) is 37.2 Å². The van der Waals surface area contributed by atoms with Gasteiger partial charge in [-0.25, -0.2) is 9.67 Å². The van der Waals surface area contributed by atoms with Gasteiger partial charge in [-0.05, 0) is 50.4 Å². The van der Waals surface area contributed by atoms with E-state index in [1.54, 1.807) is 18.4 Å². The quantitative estimate of drug-likeness (QED) is 0.658. The number of nitrogens with zero attached hydrogens (tertiary/aromatic N) is 5. The first kappa shape index (κ1) is 19.6. The molecule has 0 aromatic carbocycles. The summed E-state index contributed by atoms with van der Waals surface area (Å²) in [6, 6.07) is 0.273. The maximum Gasteiger partial charge on any atom is 0.108 e. The first-order valence-electron chi connectivity index (χ1n) is 10.8. The third kappa shape index (κ3) is 4.55. The van der Waals surface area contributed by atoms with E-state index in [0.717, 1.165) is 55.7 Å². The fourth-order valence-electron chi connectivity index (χ4n) is 5.02. The van der Waals surface area contributed by atoms with Crippen molar-refractivity contribution in [2.75, 3.05) is 26.8 Å². The molecule has 0 bridgehead atoms. The Kier molecular flexibility index (Phi) is 5.69. The molecule has 2 saturated carbocycles. The standard InChI is InChI=1S/C21H31N5O2S/c1-14-22-19(13-29-14)9-25-7-16-5-20(26-10-18(12-27-2)23-24-26)21(6-17(16)8-25)28-11-15-3-4-15/h10,13,15-17,20-21H,3-9,11-12H2,1-2H3/t16-,17+,20-,21-/m1/s1. The van der Waals surface area contributed by atoms with Gasteiger partial charge in [0.1, 0.15) is 5.69 Å². The van der Waals surface area contributed by atoms with Crippen LogP contribution in [0.2, 0.25) is 0 Å². The zero-order valence-corrected chi connectivity index (χ0v) is 18.2. The van der Waals surface area contributed by atoms with E-state index in [9.17, 15) is 0 Å². The number of fused-ring (bicyclic) bond motifs is 1. The highest BCUT2D eigenvalue weighted by molar-refractivity contribution is 7.09. The molecule has 1 saturated heterocycles. The molecule has 3 aliphatic rings. The largest absolute Gasteiger partial charge is 0.378 e. The van der Waals surface area contributed by atoms with Gasteiger partial charge in [0.25, 0.3) is 0 Å². The lowest BCUT2D eigenvalue weighted by Crippen LogP contribution is -2.38. The van der Waals surface area contributed by atoms with Crippen LogP contribution in [0.1, 0.15) is 48.1 Å². The number of methoxy groups -OCH3 is 1. The zero-order chi connectivity index (χ0) is 19.8. The summed E-state index contributed by atoms with van der Waals surface area (Å²) in [5.74, 6) is 2.17. The van der Waals surface area contributed by atoms with Gasteiger partial charge < -0.3 is 9.47 Å². The van der Waals surface area contributed by atoms with E-state index in [1.807, 2.05) is 6.20 Å². The molecule has 2 aliphatic carbocycles. The molecular formula is C21H31N5O2S. The molecule has 0 spiro atoms. The third-order valence-corrected chi connectivity index (χ3v) is 7.47. The summed E-state index contributed by atoms with van der Waals surface area (Å²) in [5.41, 5.74) is 2.10. The Morgan fingerprint density at radius 1 is 1.17 bits per heavy atom. The molecule has 7 nitrogen and oxygen atoms in total. The van der Waals surface area contributed by atoms with E-state index in [0.29, 0.717) is 18.4 Å². The molecule has 3 fully saturated rings. The van der Waals surface area contributed by atoms with E-state index in [4.69, 9.17) is 9.47 Å². The molecule has 2 aromatic heterocycles. The van der Waals surface area contributed by atoms with Gasteiger partial charge in [-0.15, -0.1) is 16.4 Å². The molecule has 2 aromatic rings. The molecule has 4 atom stereocenters. The molecule has 0 amide bonds. The molecule has 0 unspecified atom stereocenters. The monoisotopic (exact) mass is 417 g/mol. The maximum atomic E-state index is 6.46. The van der Waals surface area contributed by atoms with E-state index in [-0.39, 0.29) is 12.1 Å². The summed E-state index contributed by atoms with van der Waals surface area (Å²) < 4.78 is 13.7. The average molecular weight is 418 g/mol. The Morgan fingerprint density at radius 3 is 2.72 bits per heavy atom. The van der Waals surface area contributed by atoms with Gasteiger partial charge >= 0.3 is 0 Å². The summed E-state index contributed by atoms with van der Waals surface area (Å²) in [7, 11) is 1.70. The minimum absolute atomic E-state index is 0.232. The van der Waals surface area contributed by atoms with Crippen LogP contribution >= 0.6 is 11.3 Å². The molecule has 158 valence electrons. The van der Waals surface area contributed by atoms with Crippen LogP contribution < -0.4 is 0 Å². The molecule has 1 aliphatic heterocycles. The van der Waals surface area contributed by atoms with Gasteiger partial charge in [-0.1, -0.05) is 5.21 Å². The van der Waals surface area contributed by atoms with Gasteiger partial charge in [0.2, 0.25) is 0 Å². The molecule has 5 rings (SSSR count). The molecule has 8 heteroatoms. The second-order valence-electron chi connectivity index (χ2n) is 9.05. The summed E-state index contributed by atoms with van der Waals surface area (Å²) in [4.78, 5) is 7.25. The zero-order valence-electron chi connectivity index (χ0n) is 17.4. The topological polar surface area (TPSA) is 65.3 Å². The first-order chi connectivity index (χ1) is 14.2. The van der Waals surface area contributed by atoms with Gasteiger partial charge in [-0.3, -0.25) is 4.90 Å². The number of rotatable bonds is 8. The van der Waals surface area contributed by atoms with Crippen molar-refractivity contribution in [1.29, 1.82) is 0 Å². The lowest BCUT2D eigenvalue weighted by Gasteiger charge is -2.37. The normalized spacial score (nSPS) is 30.0. The number of hydrogen-bond acceptors (Lipinski definition) is 7. The van der Waals surface area contributed by atoms with Crippen molar-refractivity contribution in [2.24, 2.45) is 17.8 Å². The number of hydrogen-bond donors (Lipinski definition) is 0. The van der Waals surface area contributed by atoms with Crippen LogP contribution in [0.25, 0.3) is 0 Å². The first-order valence-corrected chi connectivity index (χ1v) is 11.7. The number of aryl methyl sites for hydroxylation is 1. The van der Waals surface area contributed by atoms with Gasteiger partial charge in [0.05, 0.1) is 35.7 Å². The number of ether oxygens (including phenoxy) is 2. The predicted molar refractivity (Wildman–Crippen MR) is 111 cm³/mol. The maximum absolute atomic E-state index is 6.46. The summed E-state index contributed by atoms with van der Waals surface area (Å²) in [6.07, 6.45) is 7.16. The Hall–Kier alpha value is -1.35. The van der Waals surface area contributed by atoms with Crippen LogP contribution in [-0.4, -0.2) is 57.8 Å². The highest BCUT2D eigenvalue weighted by Gasteiger charge is 2.44. The number of aromatic nitrogens is 4. The van der Waals surface area contributed by atoms with Crippen molar-refractivity contribution in [3.63, 3.8) is 0 Å². The summed E-state index contributed by atoms with van der Waals surface area (Å²) >= 11 is 1.75. The molecule has 3 heterocycles. The fourth-order valence-corrected chi connectivity index (χ4v) is 5.62. The van der Waals surface area contributed by atoms with Crippen molar-refractivity contribution >= 4 is 11.3 Å². The van der Waals surface area contributed by atoms with Crippen LogP contribution in [0, 0.1) is 24.7 Å². The SMILES string of the molecule is COCc1cn([C@@H]2C[C@@H]3CN(Cc4csc(C)n4)C[C@@H]3C[C@H]2OCC2CC2)nn1. The van der Waals surface area contributed by atoms with Gasteiger partial charge in [0.15, 0.2) is 0 Å². The molecule has 29 heavy (non-hydrogen) atoms. The Balaban J connectivity index is 1.28. The second kappa shape index (κ2) is 8.41. The van der Waals surface area contributed by atoms with Crippen molar-refractivity contribution < 1.29 is 9.47 Å².